The van der Waals surface area contributed by atoms with Crippen molar-refractivity contribution in [3.05, 3.63) is 41.2 Å². The molecule has 0 saturated heterocycles. The average molecular weight is 317 g/mol. The summed E-state index contributed by atoms with van der Waals surface area (Å²) in [4.78, 5) is 11.2. The summed E-state index contributed by atoms with van der Waals surface area (Å²) >= 11 is 0. The zero-order valence-electron chi connectivity index (χ0n) is 13.8. The van der Waals surface area contributed by atoms with Crippen LogP contribution in [0.5, 0.6) is 5.75 Å². The van der Waals surface area contributed by atoms with Crippen molar-refractivity contribution in [1.29, 1.82) is 0 Å². The highest BCUT2D eigenvalue weighted by Gasteiger charge is 2.21. The first-order chi connectivity index (χ1) is 11.0. The molecule has 0 saturated carbocycles. The number of carboxylic acid groups (broad SMARTS) is 1. The molecule has 2 rings (SSSR count). The molecule has 0 spiro atoms. The molecule has 0 radical (unpaired) electrons. The zero-order chi connectivity index (χ0) is 16.8. The number of rotatable bonds is 8. The van der Waals surface area contributed by atoms with Crippen LogP contribution in [0, 0.1) is 0 Å². The van der Waals surface area contributed by atoms with Crippen molar-refractivity contribution in [1.82, 2.24) is 15.0 Å². The van der Waals surface area contributed by atoms with E-state index in [0.29, 0.717) is 18.8 Å². The Morgan fingerprint density at radius 1 is 1.30 bits per heavy atom. The lowest BCUT2D eigenvalue weighted by molar-refractivity contribution is 0.0688. The Bertz CT molecular complexity index is 648. The fraction of sp³-hybridized carbons (Fsp3) is 0.471. The minimum absolute atomic E-state index is 0.0380. The van der Waals surface area contributed by atoms with Crippen molar-refractivity contribution >= 4 is 5.97 Å². The lowest BCUT2D eigenvalue weighted by Gasteiger charge is -2.10. The molecule has 1 heterocycles. The van der Waals surface area contributed by atoms with Crippen LogP contribution < -0.4 is 4.74 Å². The van der Waals surface area contributed by atoms with Gasteiger partial charge in [0, 0.05) is 13.0 Å². The second kappa shape index (κ2) is 7.76. The number of nitrogens with zero attached hydrogens (tertiary/aromatic N) is 3. The molecule has 2 aromatic rings. The number of hydrogen-bond acceptors (Lipinski definition) is 4. The molecule has 1 aromatic carbocycles. The van der Waals surface area contributed by atoms with E-state index in [1.54, 1.807) is 4.68 Å². The quantitative estimate of drug-likeness (QED) is 0.757. The molecule has 1 aromatic heterocycles. The molecule has 6 heteroatoms. The standard InChI is InChI=1S/C17H23N3O3/c1-4-13-6-8-14(9-7-13)23-11-5-10-20-16(12(2)3)15(17(21)22)18-19-20/h6-9,12H,4-5,10-11H2,1-3H3,(H,21,22). The highest BCUT2D eigenvalue weighted by atomic mass is 16.5. The molecule has 0 fully saturated rings. The van der Waals surface area contributed by atoms with Gasteiger partial charge in [0.05, 0.1) is 12.3 Å². The number of aryl methyl sites for hydroxylation is 2. The van der Waals surface area contributed by atoms with Gasteiger partial charge in [0.2, 0.25) is 0 Å². The van der Waals surface area contributed by atoms with Gasteiger partial charge in [-0.25, -0.2) is 9.48 Å². The van der Waals surface area contributed by atoms with Crippen LogP contribution >= 0.6 is 0 Å². The first-order valence-electron chi connectivity index (χ1n) is 7.91. The predicted octanol–water partition coefficient (Wildman–Crippen LogP) is 3.13. The molecule has 0 atom stereocenters. The van der Waals surface area contributed by atoms with Crippen molar-refractivity contribution in [3.8, 4) is 5.75 Å². The molecule has 124 valence electrons. The van der Waals surface area contributed by atoms with E-state index >= 15 is 0 Å². The van der Waals surface area contributed by atoms with Crippen molar-refractivity contribution in [2.45, 2.75) is 46.1 Å². The normalized spacial score (nSPS) is 11.0. The van der Waals surface area contributed by atoms with Crippen molar-refractivity contribution in [2.24, 2.45) is 0 Å². The van der Waals surface area contributed by atoms with Gasteiger partial charge in [-0.1, -0.05) is 38.1 Å². The van der Waals surface area contributed by atoms with Crippen LogP contribution in [0.1, 0.15) is 54.9 Å². The van der Waals surface area contributed by atoms with Gasteiger partial charge < -0.3 is 9.84 Å². The van der Waals surface area contributed by atoms with Crippen LogP contribution in [0.4, 0.5) is 0 Å². The third-order valence-corrected chi connectivity index (χ3v) is 3.64. The van der Waals surface area contributed by atoms with Gasteiger partial charge in [-0.2, -0.15) is 0 Å². The van der Waals surface area contributed by atoms with Gasteiger partial charge in [-0.15, -0.1) is 5.10 Å². The molecule has 1 N–H and O–H groups in total. The SMILES string of the molecule is CCc1ccc(OCCCn2nnc(C(=O)O)c2C(C)C)cc1. The summed E-state index contributed by atoms with van der Waals surface area (Å²) in [5, 5.41) is 16.9. The number of aromatic nitrogens is 3. The van der Waals surface area contributed by atoms with Crippen LogP contribution in [0.15, 0.2) is 24.3 Å². The fourth-order valence-corrected chi connectivity index (χ4v) is 2.44. The number of ether oxygens (including phenoxy) is 1. The zero-order valence-corrected chi connectivity index (χ0v) is 13.8. The maximum atomic E-state index is 11.2. The minimum atomic E-state index is -1.03. The molecule has 0 bridgehead atoms. The highest BCUT2D eigenvalue weighted by molar-refractivity contribution is 5.86. The molecule has 0 amide bonds. The van der Waals surface area contributed by atoms with E-state index in [4.69, 9.17) is 9.84 Å². The Morgan fingerprint density at radius 2 is 2.00 bits per heavy atom. The second-order valence-corrected chi connectivity index (χ2v) is 5.71. The summed E-state index contributed by atoms with van der Waals surface area (Å²) in [6.07, 6.45) is 1.74. The van der Waals surface area contributed by atoms with E-state index in [1.807, 2.05) is 26.0 Å². The van der Waals surface area contributed by atoms with Crippen molar-refractivity contribution in [2.75, 3.05) is 6.61 Å². The first kappa shape index (κ1) is 17.0. The summed E-state index contributed by atoms with van der Waals surface area (Å²) in [5.74, 6) is -0.137. The maximum absolute atomic E-state index is 11.2. The topological polar surface area (TPSA) is 77.2 Å². The lowest BCUT2D eigenvalue weighted by atomic mass is 10.1. The van der Waals surface area contributed by atoms with E-state index < -0.39 is 5.97 Å². The lowest BCUT2D eigenvalue weighted by Crippen LogP contribution is -2.12. The van der Waals surface area contributed by atoms with E-state index in [-0.39, 0.29) is 11.6 Å². The monoisotopic (exact) mass is 317 g/mol. The van der Waals surface area contributed by atoms with E-state index in [2.05, 4.69) is 29.4 Å². The number of hydrogen-bond donors (Lipinski definition) is 1. The molecular weight excluding hydrogens is 294 g/mol. The number of carbonyl (C=O) groups is 1. The summed E-state index contributed by atoms with van der Waals surface area (Å²) in [6.45, 7) is 7.12. The van der Waals surface area contributed by atoms with Crippen LogP contribution in [0.3, 0.4) is 0 Å². The van der Waals surface area contributed by atoms with Crippen molar-refractivity contribution in [3.63, 3.8) is 0 Å². The largest absolute Gasteiger partial charge is 0.494 e. The van der Waals surface area contributed by atoms with Gasteiger partial charge >= 0.3 is 5.97 Å². The smallest absolute Gasteiger partial charge is 0.358 e. The van der Waals surface area contributed by atoms with Crippen LogP contribution in [0.25, 0.3) is 0 Å². The van der Waals surface area contributed by atoms with Gasteiger partial charge in [-0.05, 0) is 30.0 Å². The highest BCUT2D eigenvalue weighted by Crippen LogP contribution is 2.18. The van der Waals surface area contributed by atoms with Crippen LogP contribution in [-0.4, -0.2) is 32.7 Å². The Morgan fingerprint density at radius 3 is 2.57 bits per heavy atom. The number of benzene rings is 1. The van der Waals surface area contributed by atoms with E-state index in [0.717, 1.165) is 18.6 Å². The Kier molecular flexibility index (Phi) is 5.73. The third kappa shape index (κ3) is 4.31. The third-order valence-electron chi connectivity index (χ3n) is 3.64. The predicted molar refractivity (Wildman–Crippen MR) is 87.0 cm³/mol. The Hall–Kier alpha value is -2.37. The van der Waals surface area contributed by atoms with Gasteiger partial charge in [-0.3, -0.25) is 0 Å². The Balaban J connectivity index is 1.90. The summed E-state index contributed by atoms with van der Waals surface area (Å²) in [6, 6.07) is 8.05. The summed E-state index contributed by atoms with van der Waals surface area (Å²) in [5.41, 5.74) is 1.98. The molecule has 0 aliphatic carbocycles. The van der Waals surface area contributed by atoms with Crippen LogP contribution in [0.2, 0.25) is 0 Å². The molecule has 0 aliphatic rings. The summed E-state index contributed by atoms with van der Waals surface area (Å²) in [7, 11) is 0. The van der Waals surface area contributed by atoms with Gasteiger partial charge in [0.15, 0.2) is 5.69 Å². The van der Waals surface area contributed by atoms with Gasteiger partial charge in [0.25, 0.3) is 0 Å². The average Bonchev–Trinajstić information content (AvgIpc) is 2.96. The minimum Gasteiger partial charge on any atom is -0.494 e. The Labute approximate surface area is 136 Å². The molecule has 0 unspecified atom stereocenters. The van der Waals surface area contributed by atoms with Crippen molar-refractivity contribution < 1.29 is 14.6 Å². The molecule has 6 nitrogen and oxygen atoms in total. The number of aromatic carboxylic acids is 1. The summed E-state index contributed by atoms with van der Waals surface area (Å²) < 4.78 is 7.37. The molecular formula is C17H23N3O3. The van der Waals surface area contributed by atoms with E-state index in [1.165, 1.54) is 5.56 Å². The number of carboxylic acids is 1. The van der Waals surface area contributed by atoms with Gasteiger partial charge in [0.1, 0.15) is 5.75 Å². The fourth-order valence-electron chi connectivity index (χ4n) is 2.44. The first-order valence-corrected chi connectivity index (χ1v) is 7.91. The second-order valence-electron chi connectivity index (χ2n) is 5.71. The molecule has 0 aliphatic heterocycles. The van der Waals surface area contributed by atoms with Crippen LogP contribution in [-0.2, 0) is 13.0 Å². The van der Waals surface area contributed by atoms with E-state index in [9.17, 15) is 4.79 Å². The molecule has 23 heavy (non-hydrogen) atoms. The maximum Gasteiger partial charge on any atom is 0.358 e.